The minimum Gasteiger partial charge on any atom is -0.314 e. The zero-order valence-corrected chi connectivity index (χ0v) is 9.80. The summed E-state index contributed by atoms with van der Waals surface area (Å²) in [5.74, 6) is 0.777. The Morgan fingerprint density at radius 2 is 1.87 bits per heavy atom. The predicted molar refractivity (Wildman–Crippen MR) is 61.5 cm³/mol. The maximum atomic E-state index is 5.12. The van der Waals surface area contributed by atoms with Crippen LogP contribution in [0.5, 0.6) is 0 Å². The van der Waals surface area contributed by atoms with Gasteiger partial charge in [0.1, 0.15) is 0 Å². The molecule has 0 radical (unpaired) electrons. The Labute approximate surface area is 92.9 Å². The van der Waals surface area contributed by atoms with Gasteiger partial charge >= 0.3 is 0 Å². The van der Waals surface area contributed by atoms with Crippen LogP contribution in [0.4, 0.5) is 0 Å². The van der Waals surface area contributed by atoms with Crippen molar-refractivity contribution >= 4 is 0 Å². The monoisotopic (exact) mass is 212 g/mol. The van der Waals surface area contributed by atoms with E-state index >= 15 is 0 Å². The van der Waals surface area contributed by atoms with Crippen LogP contribution in [-0.4, -0.2) is 25.7 Å². The van der Waals surface area contributed by atoms with Crippen molar-refractivity contribution in [3.63, 3.8) is 0 Å². The molecule has 3 unspecified atom stereocenters. The van der Waals surface area contributed by atoms with Crippen molar-refractivity contribution in [1.29, 1.82) is 0 Å². The van der Waals surface area contributed by atoms with E-state index in [4.69, 9.17) is 4.84 Å². The second-order valence-electron chi connectivity index (χ2n) is 4.93. The molecule has 0 spiro atoms. The highest BCUT2D eigenvalue weighted by molar-refractivity contribution is 4.89. The maximum absolute atomic E-state index is 5.12. The van der Waals surface area contributed by atoms with Crippen LogP contribution in [0, 0.1) is 5.92 Å². The van der Waals surface area contributed by atoms with Crippen LogP contribution in [0.1, 0.15) is 44.9 Å². The first kappa shape index (κ1) is 11.4. The summed E-state index contributed by atoms with van der Waals surface area (Å²) in [5.41, 5.74) is 3.19. The lowest BCUT2D eigenvalue weighted by Gasteiger charge is -2.39. The summed E-state index contributed by atoms with van der Waals surface area (Å²) in [4.78, 5) is 5.12. The zero-order chi connectivity index (χ0) is 10.5. The molecule has 1 saturated carbocycles. The molecule has 2 fully saturated rings. The highest BCUT2D eigenvalue weighted by Crippen LogP contribution is 2.30. The summed E-state index contributed by atoms with van der Waals surface area (Å²) >= 11 is 0. The van der Waals surface area contributed by atoms with Gasteiger partial charge in [-0.15, -0.1) is 0 Å². The van der Waals surface area contributed by atoms with Crippen molar-refractivity contribution in [1.82, 2.24) is 10.8 Å². The highest BCUT2D eigenvalue weighted by atomic mass is 16.6. The van der Waals surface area contributed by atoms with Gasteiger partial charge in [0.25, 0.3) is 0 Å². The molecule has 1 saturated heterocycles. The van der Waals surface area contributed by atoms with Gasteiger partial charge < -0.3 is 10.2 Å². The Balaban J connectivity index is 1.90. The van der Waals surface area contributed by atoms with Gasteiger partial charge in [-0.3, -0.25) is 0 Å². The van der Waals surface area contributed by atoms with E-state index in [1.165, 1.54) is 51.5 Å². The molecule has 0 bridgehead atoms. The van der Waals surface area contributed by atoms with Gasteiger partial charge in [0.15, 0.2) is 0 Å². The third kappa shape index (κ3) is 2.92. The Bertz CT molecular complexity index is 168. The maximum Gasteiger partial charge on any atom is 0.0572 e. The van der Waals surface area contributed by atoms with Crippen molar-refractivity contribution in [3.05, 3.63) is 0 Å². The van der Waals surface area contributed by atoms with Crippen LogP contribution >= 0.6 is 0 Å². The van der Waals surface area contributed by atoms with E-state index in [1.54, 1.807) is 7.11 Å². The average molecular weight is 212 g/mol. The Hall–Kier alpha value is -0.120. The normalized spacial score (nSPS) is 37.8. The van der Waals surface area contributed by atoms with Crippen LogP contribution < -0.4 is 10.8 Å². The molecule has 0 amide bonds. The second-order valence-corrected chi connectivity index (χ2v) is 4.93. The second kappa shape index (κ2) is 5.83. The molecule has 15 heavy (non-hydrogen) atoms. The largest absolute Gasteiger partial charge is 0.314 e. The van der Waals surface area contributed by atoms with Crippen LogP contribution in [0.25, 0.3) is 0 Å². The van der Waals surface area contributed by atoms with E-state index in [0.29, 0.717) is 6.04 Å². The molecule has 1 aliphatic heterocycles. The predicted octanol–water partition coefficient (Wildman–Crippen LogP) is 1.84. The molecule has 3 nitrogen and oxygen atoms in total. The summed E-state index contributed by atoms with van der Waals surface area (Å²) in [6.07, 6.45) is 9.48. The van der Waals surface area contributed by atoms with Crippen LogP contribution in [0.2, 0.25) is 0 Å². The number of hydrogen-bond donors (Lipinski definition) is 2. The van der Waals surface area contributed by atoms with Gasteiger partial charge in [0.05, 0.1) is 7.11 Å². The fourth-order valence-electron chi connectivity index (χ4n) is 3.18. The Morgan fingerprint density at radius 3 is 2.60 bits per heavy atom. The molecular weight excluding hydrogens is 188 g/mol. The molecule has 2 aliphatic rings. The molecule has 2 rings (SSSR count). The topological polar surface area (TPSA) is 33.3 Å². The van der Waals surface area contributed by atoms with Gasteiger partial charge in [-0.1, -0.05) is 19.3 Å². The van der Waals surface area contributed by atoms with E-state index in [1.807, 2.05) is 0 Å². The molecule has 0 aromatic rings. The van der Waals surface area contributed by atoms with Crippen molar-refractivity contribution in [3.8, 4) is 0 Å². The van der Waals surface area contributed by atoms with Crippen molar-refractivity contribution in [2.24, 2.45) is 5.92 Å². The summed E-state index contributed by atoms with van der Waals surface area (Å²) in [6.45, 7) is 1.21. The number of rotatable bonds is 3. The molecule has 0 aromatic heterocycles. The molecular formula is C12H24N2O. The number of hydrogen-bond acceptors (Lipinski definition) is 3. The Kier molecular flexibility index (Phi) is 4.42. The molecule has 3 atom stereocenters. The minimum atomic E-state index is 0.569. The molecule has 2 N–H and O–H groups in total. The standard InChI is InChI=1S/C12H24N2O/c1-15-14-12-8-3-2-6-10(12)11-7-4-5-9-13-11/h10-14H,2-9H2,1H3. The number of piperidine rings is 1. The fourth-order valence-corrected chi connectivity index (χ4v) is 3.18. The van der Waals surface area contributed by atoms with Gasteiger partial charge in [0, 0.05) is 12.1 Å². The first-order valence-corrected chi connectivity index (χ1v) is 6.43. The van der Waals surface area contributed by atoms with E-state index in [-0.39, 0.29) is 0 Å². The van der Waals surface area contributed by atoms with Crippen LogP contribution in [0.15, 0.2) is 0 Å². The average Bonchev–Trinajstić information content (AvgIpc) is 2.31. The van der Waals surface area contributed by atoms with E-state index in [9.17, 15) is 0 Å². The summed E-state index contributed by atoms with van der Waals surface area (Å²) < 4.78 is 0. The Morgan fingerprint density at radius 1 is 1.07 bits per heavy atom. The van der Waals surface area contributed by atoms with Crippen LogP contribution in [-0.2, 0) is 4.84 Å². The molecule has 88 valence electrons. The number of hydroxylamine groups is 1. The first-order valence-electron chi connectivity index (χ1n) is 6.43. The lowest BCUT2D eigenvalue weighted by molar-refractivity contribution is 0.0163. The van der Waals surface area contributed by atoms with Crippen LogP contribution in [0.3, 0.4) is 0 Å². The van der Waals surface area contributed by atoms with E-state index < -0.39 is 0 Å². The smallest absolute Gasteiger partial charge is 0.0572 e. The molecule has 1 aliphatic carbocycles. The summed E-state index contributed by atoms with van der Waals surface area (Å²) in [5, 5.41) is 3.68. The molecule has 3 heteroatoms. The third-order valence-corrected chi connectivity index (χ3v) is 3.95. The van der Waals surface area contributed by atoms with Crippen molar-refractivity contribution in [2.45, 2.75) is 57.0 Å². The molecule has 0 aromatic carbocycles. The van der Waals surface area contributed by atoms with Gasteiger partial charge in [0.2, 0.25) is 0 Å². The van der Waals surface area contributed by atoms with Gasteiger partial charge in [-0.05, 0) is 38.1 Å². The van der Waals surface area contributed by atoms with Crippen molar-refractivity contribution < 1.29 is 4.84 Å². The number of nitrogens with one attached hydrogen (secondary N) is 2. The zero-order valence-electron chi connectivity index (χ0n) is 9.80. The minimum absolute atomic E-state index is 0.569. The van der Waals surface area contributed by atoms with E-state index in [0.717, 1.165) is 12.0 Å². The molecule has 1 heterocycles. The lowest BCUT2D eigenvalue weighted by Crippen LogP contribution is -2.50. The lowest BCUT2D eigenvalue weighted by atomic mass is 9.77. The van der Waals surface area contributed by atoms with E-state index in [2.05, 4.69) is 10.8 Å². The summed E-state index contributed by atoms with van der Waals surface area (Å²) in [6, 6.07) is 1.30. The summed E-state index contributed by atoms with van der Waals surface area (Å²) in [7, 11) is 1.74. The fraction of sp³-hybridized carbons (Fsp3) is 1.00. The van der Waals surface area contributed by atoms with Gasteiger partial charge in [-0.2, -0.15) is 5.48 Å². The highest BCUT2D eigenvalue weighted by Gasteiger charge is 2.32. The van der Waals surface area contributed by atoms with Crippen molar-refractivity contribution in [2.75, 3.05) is 13.7 Å². The SMILES string of the molecule is CONC1CCCCC1C1CCCCN1. The first-order chi connectivity index (χ1) is 7.42. The quantitative estimate of drug-likeness (QED) is 0.700. The third-order valence-electron chi connectivity index (χ3n) is 3.95. The van der Waals surface area contributed by atoms with Gasteiger partial charge in [-0.25, -0.2) is 0 Å².